The number of benzene rings is 2. The molecule has 0 saturated heterocycles. The highest BCUT2D eigenvalue weighted by atomic mass is 35.5. The Morgan fingerprint density at radius 2 is 1.64 bits per heavy atom. The second kappa shape index (κ2) is 5.74. The van der Waals surface area contributed by atoms with Gasteiger partial charge >= 0.3 is 0 Å². The molecule has 0 radical (unpaired) electrons. The number of rotatable bonds is 2. The molecule has 0 atom stereocenters. The summed E-state index contributed by atoms with van der Waals surface area (Å²) in [6.07, 6.45) is 4.79. The third kappa shape index (κ3) is 2.82. The van der Waals surface area contributed by atoms with Gasteiger partial charge in [0.2, 0.25) is 0 Å². The highest BCUT2D eigenvalue weighted by Crippen LogP contribution is 2.37. The fourth-order valence-electron chi connectivity index (χ4n) is 3.42. The summed E-state index contributed by atoms with van der Waals surface area (Å²) in [4.78, 5) is 0. The molecule has 0 amide bonds. The first-order valence-corrected chi connectivity index (χ1v) is 8.73. The van der Waals surface area contributed by atoms with E-state index < -0.39 is 0 Å². The van der Waals surface area contributed by atoms with Gasteiger partial charge in [-0.1, -0.05) is 57.5 Å². The number of aryl methyl sites for hydroxylation is 3. The number of hydrogen-bond donors (Lipinski definition) is 0. The molecule has 0 unspecified atom stereocenters. The minimum Gasteiger partial charge on any atom is -0.0837 e. The number of fused-ring (bicyclic) bond motifs is 1. The lowest BCUT2D eigenvalue weighted by Gasteiger charge is -2.21. The summed E-state index contributed by atoms with van der Waals surface area (Å²) >= 11 is 6.56. The average Bonchev–Trinajstić information content (AvgIpc) is 2.92. The van der Waals surface area contributed by atoms with E-state index in [1.54, 1.807) is 5.56 Å². The predicted molar refractivity (Wildman–Crippen MR) is 97.0 cm³/mol. The Morgan fingerprint density at radius 3 is 2.27 bits per heavy atom. The molecule has 0 aliphatic heterocycles. The van der Waals surface area contributed by atoms with Crippen LogP contribution in [0.2, 0.25) is 5.02 Å². The Bertz CT molecular complexity index is 705. The highest BCUT2D eigenvalue weighted by Gasteiger charge is 2.19. The van der Waals surface area contributed by atoms with E-state index in [2.05, 4.69) is 58.0 Å². The van der Waals surface area contributed by atoms with Crippen LogP contribution < -0.4 is 0 Å². The standard InChI is InChI=1S/C21H25Cl/c1-5-14-11-15-7-6-8-16(15)12-18(14)19-13-17(21(2,3)4)9-10-20(19)22/h9-13H,5-8H2,1-4H3. The molecular formula is C21H25Cl. The van der Waals surface area contributed by atoms with Crippen molar-refractivity contribution >= 4 is 11.6 Å². The van der Waals surface area contributed by atoms with E-state index in [-0.39, 0.29) is 5.41 Å². The lowest BCUT2D eigenvalue weighted by atomic mass is 9.84. The molecule has 0 bridgehead atoms. The largest absolute Gasteiger partial charge is 0.0837 e. The van der Waals surface area contributed by atoms with Crippen LogP contribution in [0.1, 0.15) is 56.4 Å². The minimum absolute atomic E-state index is 0.141. The molecule has 0 spiro atoms. The van der Waals surface area contributed by atoms with Gasteiger partial charge in [-0.2, -0.15) is 0 Å². The molecule has 3 rings (SSSR count). The molecule has 116 valence electrons. The van der Waals surface area contributed by atoms with Crippen LogP contribution in [0.25, 0.3) is 11.1 Å². The summed E-state index contributed by atoms with van der Waals surface area (Å²) in [6.45, 7) is 9.00. The summed E-state index contributed by atoms with van der Waals surface area (Å²) < 4.78 is 0. The van der Waals surface area contributed by atoms with Gasteiger partial charge in [-0.15, -0.1) is 0 Å². The SMILES string of the molecule is CCc1cc2c(cc1-c1cc(C(C)(C)C)ccc1Cl)CCC2. The molecule has 0 heterocycles. The van der Waals surface area contributed by atoms with Gasteiger partial charge < -0.3 is 0 Å². The fraction of sp³-hybridized carbons (Fsp3) is 0.429. The molecule has 22 heavy (non-hydrogen) atoms. The summed E-state index contributed by atoms with van der Waals surface area (Å²) in [6, 6.07) is 11.3. The van der Waals surface area contributed by atoms with Gasteiger partial charge in [0, 0.05) is 10.6 Å². The monoisotopic (exact) mass is 312 g/mol. The van der Waals surface area contributed by atoms with Gasteiger partial charge in [0.1, 0.15) is 0 Å². The molecule has 1 aliphatic rings. The number of halogens is 1. The van der Waals surface area contributed by atoms with Crippen LogP contribution in [0.4, 0.5) is 0 Å². The van der Waals surface area contributed by atoms with E-state index in [1.165, 1.54) is 47.1 Å². The van der Waals surface area contributed by atoms with Crippen molar-refractivity contribution in [1.29, 1.82) is 0 Å². The maximum Gasteiger partial charge on any atom is 0.0484 e. The first-order chi connectivity index (χ1) is 10.4. The van der Waals surface area contributed by atoms with Gasteiger partial charge in [-0.3, -0.25) is 0 Å². The van der Waals surface area contributed by atoms with Crippen LogP contribution in [0.5, 0.6) is 0 Å². The third-order valence-electron chi connectivity index (χ3n) is 4.82. The van der Waals surface area contributed by atoms with Gasteiger partial charge in [0.25, 0.3) is 0 Å². The maximum absolute atomic E-state index is 6.56. The summed E-state index contributed by atoms with van der Waals surface area (Å²) in [5.41, 5.74) is 8.50. The van der Waals surface area contributed by atoms with Crippen molar-refractivity contribution < 1.29 is 0 Å². The van der Waals surface area contributed by atoms with E-state index in [0.29, 0.717) is 0 Å². The smallest absolute Gasteiger partial charge is 0.0484 e. The lowest BCUT2D eigenvalue weighted by molar-refractivity contribution is 0.590. The van der Waals surface area contributed by atoms with Gasteiger partial charge in [-0.25, -0.2) is 0 Å². The molecule has 0 nitrogen and oxygen atoms in total. The Morgan fingerprint density at radius 1 is 0.955 bits per heavy atom. The third-order valence-corrected chi connectivity index (χ3v) is 5.15. The zero-order valence-corrected chi connectivity index (χ0v) is 14.8. The van der Waals surface area contributed by atoms with Crippen LogP contribution in [-0.4, -0.2) is 0 Å². The van der Waals surface area contributed by atoms with Crippen molar-refractivity contribution in [1.82, 2.24) is 0 Å². The first-order valence-electron chi connectivity index (χ1n) is 8.35. The normalized spacial score (nSPS) is 14.2. The Hall–Kier alpha value is -1.27. The van der Waals surface area contributed by atoms with Gasteiger partial charge in [0.05, 0.1) is 0 Å². The molecule has 0 saturated carbocycles. The van der Waals surface area contributed by atoms with E-state index in [0.717, 1.165) is 11.4 Å². The molecule has 2 aromatic carbocycles. The van der Waals surface area contributed by atoms with Crippen LogP contribution >= 0.6 is 11.6 Å². The van der Waals surface area contributed by atoms with Crippen LogP contribution in [0.3, 0.4) is 0 Å². The second-order valence-corrected chi connectivity index (χ2v) is 7.84. The molecule has 0 aromatic heterocycles. The van der Waals surface area contributed by atoms with E-state index in [9.17, 15) is 0 Å². The van der Waals surface area contributed by atoms with Crippen molar-refractivity contribution in [2.75, 3.05) is 0 Å². The Kier molecular flexibility index (Phi) is 4.07. The lowest BCUT2D eigenvalue weighted by Crippen LogP contribution is -2.11. The Labute approximate surface area is 139 Å². The van der Waals surface area contributed by atoms with Crippen molar-refractivity contribution in [3.63, 3.8) is 0 Å². The molecular weight excluding hydrogens is 288 g/mol. The number of hydrogen-bond acceptors (Lipinski definition) is 0. The summed E-state index contributed by atoms with van der Waals surface area (Å²) in [7, 11) is 0. The first kappa shape index (κ1) is 15.6. The van der Waals surface area contributed by atoms with Crippen LogP contribution in [0.15, 0.2) is 30.3 Å². The van der Waals surface area contributed by atoms with E-state index in [1.807, 2.05) is 0 Å². The fourth-order valence-corrected chi connectivity index (χ4v) is 3.64. The van der Waals surface area contributed by atoms with Crippen molar-refractivity contribution in [3.05, 3.63) is 57.6 Å². The quantitative estimate of drug-likeness (QED) is 0.605. The maximum atomic E-state index is 6.56. The molecule has 2 aromatic rings. The zero-order valence-electron chi connectivity index (χ0n) is 14.1. The topological polar surface area (TPSA) is 0 Å². The van der Waals surface area contributed by atoms with Gasteiger partial charge in [0.15, 0.2) is 0 Å². The molecule has 1 aliphatic carbocycles. The molecule has 0 N–H and O–H groups in total. The minimum atomic E-state index is 0.141. The van der Waals surface area contributed by atoms with Gasteiger partial charge in [-0.05, 0) is 71.0 Å². The summed E-state index contributed by atoms with van der Waals surface area (Å²) in [5.74, 6) is 0. The van der Waals surface area contributed by atoms with E-state index in [4.69, 9.17) is 11.6 Å². The molecule has 0 fully saturated rings. The second-order valence-electron chi connectivity index (χ2n) is 7.43. The van der Waals surface area contributed by atoms with E-state index >= 15 is 0 Å². The molecule has 1 heteroatoms. The Balaban J connectivity index is 2.19. The predicted octanol–water partition coefficient (Wildman–Crippen LogP) is 6.36. The van der Waals surface area contributed by atoms with Crippen molar-refractivity contribution in [3.8, 4) is 11.1 Å². The zero-order chi connectivity index (χ0) is 15.9. The van der Waals surface area contributed by atoms with Crippen LogP contribution in [-0.2, 0) is 24.7 Å². The van der Waals surface area contributed by atoms with Crippen molar-refractivity contribution in [2.24, 2.45) is 0 Å². The van der Waals surface area contributed by atoms with Crippen molar-refractivity contribution in [2.45, 2.75) is 58.8 Å². The highest BCUT2D eigenvalue weighted by molar-refractivity contribution is 6.33. The average molecular weight is 313 g/mol. The summed E-state index contributed by atoms with van der Waals surface area (Å²) in [5, 5.41) is 0.862. The van der Waals surface area contributed by atoms with Crippen LogP contribution in [0, 0.1) is 0 Å².